The van der Waals surface area contributed by atoms with E-state index in [1.807, 2.05) is 38.1 Å². The Morgan fingerprint density at radius 2 is 1.36 bits per heavy atom. The van der Waals surface area contributed by atoms with Crippen molar-refractivity contribution in [2.24, 2.45) is 0 Å². The molecule has 0 saturated carbocycles. The van der Waals surface area contributed by atoms with Gasteiger partial charge in [0.25, 0.3) is 0 Å². The van der Waals surface area contributed by atoms with Gasteiger partial charge < -0.3 is 9.47 Å². The van der Waals surface area contributed by atoms with E-state index in [4.69, 9.17) is 9.47 Å². The largest absolute Gasteiger partial charge is 0.496 e. The van der Waals surface area contributed by atoms with Gasteiger partial charge in [0.1, 0.15) is 17.1 Å². The molecule has 3 nitrogen and oxygen atoms in total. The van der Waals surface area contributed by atoms with E-state index in [9.17, 15) is 4.79 Å². The molecule has 0 aromatic heterocycles. The van der Waals surface area contributed by atoms with E-state index in [-0.39, 0.29) is 33.0 Å². The predicted octanol–water partition coefficient (Wildman–Crippen LogP) is 3.08. The van der Waals surface area contributed by atoms with E-state index < -0.39 is 0 Å². The average Bonchev–Trinajstić information content (AvgIpc) is 2.49. The Morgan fingerprint density at radius 1 is 0.909 bits per heavy atom. The molecule has 22 heavy (non-hydrogen) atoms. The molecule has 2 aromatic rings. The van der Waals surface area contributed by atoms with E-state index >= 15 is 0 Å². The van der Waals surface area contributed by atoms with Gasteiger partial charge in [0, 0.05) is 18.9 Å². The average molecular weight is 309 g/mol. The molecule has 1 radical (unpaired) electrons. The molecule has 0 fully saturated rings. The van der Waals surface area contributed by atoms with Crippen LogP contribution < -0.4 is 14.8 Å². The van der Waals surface area contributed by atoms with E-state index in [0.717, 1.165) is 16.4 Å². The summed E-state index contributed by atoms with van der Waals surface area (Å²) < 4.78 is 10.6. The quantitative estimate of drug-likeness (QED) is 0.629. The minimum absolute atomic E-state index is 0. The zero-order chi connectivity index (χ0) is 15.4. The molecule has 0 aliphatic heterocycles. The second kappa shape index (κ2) is 8.39. The molecule has 0 saturated heterocycles. The number of carbonyl (C=O) groups excluding carboxylic acids is 1. The van der Waals surface area contributed by atoms with Crippen molar-refractivity contribution in [3.8, 4) is 11.5 Å². The molecule has 2 aromatic carbocycles. The minimum atomic E-state index is 0. The topological polar surface area (TPSA) is 35.5 Å². The second-order valence-corrected chi connectivity index (χ2v) is 5.96. The first-order chi connectivity index (χ1) is 10.1. The SMILES string of the molecule is COc1cccc(OC)c1C(=O)Pc1c(C)cccc1C.[Li]. The third kappa shape index (κ3) is 3.93. The maximum Gasteiger partial charge on any atom is 0.193 e. The van der Waals surface area contributed by atoms with Crippen LogP contribution in [-0.2, 0) is 0 Å². The summed E-state index contributed by atoms with van der Waals surface area (Å²) in [4.78, 5) is 12.7. The van der Waals surface area contributed by atoms with Crippen molar-refractivity contribution >= 4 is 38.3 Å². The van der Waals surface area contributed by atoms with Crippen molar-refractivity contribution in [3.63, 3.8) is 0 Å². The van der Waals surface area contributed by atoms with Gasteiger partial charge in [-0.05, 0) is 51.0 Å². The van der Waals surface area contributed by atoms with Gasteiger partial charge in [-0.15, -0.1) is 0 Å². The van der Waals surface area contributed by atoms with Crippen LogP contribution in [0.4, 0.5) is 0 Å². The van der Waals surface area contributed by atoms with Crippen LogP contribution in [0.3, 0.4) is 0 Å². The molecule has 0 aliphatic rings. The second-order valence-electron chi connectivity index (χ2n) is 4.76. The molecule has 0 amide bonds. The van der Waals surface area contributed by atoms with E-state index in [0.29, 0.717) is 17.1 Å². The smallest absolute Gasteiger partial charge is 0.193 e. The molecular formula is C17H19LiO3P. The number of carbonyl (C=O) groups is 1. The number of hydrogen-bond donors (Lipinski definition) is 0. The molecular weight excluding hydrogens is 290 g/mol. The Balaban J connectivity index is 0.00000242. The summed E-state index contributed by atoms with van der Waals surface area (Å²) in [6, 6.07) is 11.4. The molecule has 0 bridgehead atoms. The Kier molecular flexibility index (Phi) is 7.17. The number of aryl methyl sites for hydroxylation is 2. The van der Waals surface area contributed by atoms with Crippen molar-refractivity contribution in [3.05, 3.63) is 53.1 Å². The molecule has 1 atom stereocenters. The van der Waals surface area contributed by atoms with E-state index in [2.05, 4.69) is 0 Å². The number of ether oxygens (including phenoxy) is 2. The van der Waals surface area contributed by atoms with Gasteiger partial charge in [-0.2, -0.15) is 0 Å². The predicted molar refractivity (Wildman–Crippen MR) is 93.5 cm³/mol. The minimum Gasteiger partial charge on any atom is -0.496 e. The van der Waals surface area contributed by atoms with Crippen LogP contribution in [0.25, 0.3) is 0 Å². The summed E-state index contributed by atoms with van der Waals surface area (Å²) in [5.41, 5.74) is 2.82. The molecule has 111 valence electrons. The zero-order valence-corrected chi connectivity index (χ0v) is 14.7. The summed E-state index contributed by atoms with van der Waals surface area (Å²) in [7, 11) is 3.18. The number of benzene rings is 2. The van der Waals surface area contributed by atoms with Gasteiger partial charge in [0.15, 0.2) is 5.52 Å². The molecule has 1 unspecified atom stereocenters. The van der Waals surface area contributed by atoms with Gasteiger partial charge in [-0.3, -0.25) is 4.79 Å². The third-order valence-electron chi connectivity index (χ3n) is 3.37. The molecule has 0 heterocycles. The normalized spacial score (nSPS) is 10.4. The van der Waals surface area contributed by atoms with Crippen molar-refractivity contribution < 1.29 is 14.3 Å². The van der Waals surface area contributed by atoms with Crippen LogP contribution >= 0.6 is 8.58 Å². The number of rotatable bonds is 5. The van der Waals surface area contributed by atoms with Crippen molar-refractivity contribution in [1.29, 1.82) is 0 Å². The maximum absolute atomic E-state index is 12.7. The monoisotopic (exact) mass is 309 g/mol. The standard InChI is InChI=1S/C17H19O3P.Li/c1-11-7-5-8-12(2)16(11)21-17(18)15-13(19-3)9-6-10-14(15)20-4;/h5-10,21H,1-4H3;. The van der Waals surface area contributed by atoms with Crippen LogP contribution in [0.1, 0.15) is 21.5 Å². The zero-order valence-electron chi connectivity index (χ0n) is 13.7. The van der Waals surface area contributed by atoms with Gasteiger partial charge in [-0.1, -0.05) is 24.3 Å². The Labute approximate surface area is 145 Å². The Morgan fingerprint density at radius 3 is 1.82 bits per heavy atom. The Bertz CT molecular complexity index is 628. The van der Waals surface area contributed by atoms with Crippen LogP contribution in [0, 0.1) is 13.8 Å². The van der Waals surface area contributed by atoms with Crippen LogP contribution in [0.2, 0.25) is 0 Å². The van der Waals surface area contributed by atoms with Crippen molar-refractivity contribution in [2.75, 3.05) is 14.2 Å². The summed E-state index contributed by atoms with van der Waals surface area (Å²) in [6.07, 6.45) is 0. The number of hydrogen-bond acceptors (Lipinski definition) is 3. The first-order valence-electron chi connectivity index (χ1n) is 6.67. The Hall–Kier alpha value is -1.26. The van der Waals surface area contributed by atoms with Crippen LogP contribution in [-0.4, -0.2) is 38.6 Å². The maximum atomic E-state index is 12.7. The first kappa shape index (κ1) is 18.8. The van der Waals surface area contributed by atoms with Crippen molar-refractivity contribution in [2.45, 2.75) is 13.8 Å². The fraction of sp³-hybridized carbons (Fsp3) is 0.235. The fourth-order valence-corrected chi connectivity index (χ4v) is 3.42. The number of methoxy groups -OCH3 is 2. The summed E-state index contributed by atoms with van der Waals surface area (Å²) in [6.45, 7) is 4.06. The van der Waals surface area contributed by atoms with Crippen LogP contribution in [0.5, 0.6) is 11.5 Å². The molecule has 2 rings (SSSR count). The first-order valence-corrected chi connectivity index (χ1v) is 7.67. The van der Waals surface area contributed by atoms with Crippen molar-refractivity contribution in [1.82, 2.24) is 0 Å². The molecule has 5 heteroatoms. The molecule has 0 spiro atoms. The third-order valence-corrected chi connectivity index (χ3v) is 4.89. The van der Waals surface area contributed by atoms with Gasteiger partial charge in [-0.25, -0.2) is 0 Å². The van der Waals surface area contributed by atoms with E-state index in [1.54, 1.807) is 26.4 Å². The van der Waals surface area contributed by atoms with Gasteiger partial charge in [0.2, 0.25) is 0 Å². The van der Waals surface area contributed by atoms with Gasteiger partial charge >= 0.3 is 0 Å². The van der Waals surface area contributed by atoms with Gasteiger partial charge in [0.05, 0.1) is 14.2 Å². The fourth-order valence-electron chi connectivity index (χ4n) is 2.26. The summed E-state index contributed by atoms with van der Waals surface area (Å²) >= 11 is 0. The summed E-state index contributed by atoms with van der Waals surface area (Å²) in [5.74, 6) is 1.11. The summed E-state index contributed by atoms with van der Waals surface area (Å²) in [5, 5.41) is 1.09. The van der Waals surface area contributed by atoms with Crippen LogP contribution in [0.15, 0.2) is 36.4 Å². The molecule has 0 N–H and O–H groups in total. The molecule has 0 aliphatic carbocycles. The van der Waals surface area contributed by atoms with E-state index in [1.165, 1.54) is 0 Å².